The van der Waals surface area contributed by atoms with Gasteiger partial charge in [-0.2, -0.15) is 0 Å². The predicted molar refractivity (Wildman–Crippen MR) is 90.6 cm³/mol. The van der Waals surface area contributed by atoms with Gasteiger partial charge >= 0.3 is 5.97 Å². The largest absolute Gasteiger partial charge is 0.497 e. The van der Waals surface area contributed by atoms with Crippen LogP contribution in [0.15, 0.2) is 24.4 Å². The number of fused-ring (bicyclic) bond motifs is 1. The molecule has 0 N–H and O–H groups in total. The van der Waals surface area contributed by atoms with E-state index >= 15 is 0 Å². The Balaban J connectivity index is 1.97. The number of aldehydes is 1. The molecule has 0 saturated carbocycles. The lowest BCUT2D eigenvalue weighted by atomic mass is 10.2. The topological polar surface area (TPSA) is 66.8 Å². The van der Waals surface area contributed by atoms with Crippen molar-refractivity contribution in [3.63, 3.8) is 0 Å². The van der Waals surface area contributed by atoms with Crippen molar-refractivity contribution < 1.29 is 23.8 Å². The van der Waals surface area contributed by atoms with Gasteiger partial charge in [0.25, 0.3) is 0 Å². The first-order valence-corrected chi connectivity index (χ1v) is 8.05. The van der Waals surface area contributed by atoms with E-state index in [0.717, 1.165) is 30.0 Å². The van der Waals surface area contributed by atoms with Gasteiger partial charge in [0, 0.05) is 29.3 Å². The number of aromatic nitrogens is 1. The van der Waals surface area contributed by atoms with Crippen LogP contribution < -0.4 is 4.74 Å². The van der Waals surface area contributed by atoms with Crippen LogP contribution in [-0.2, 0) is 20.8 Å². The minimum Gasteiger partial charge on any atom is -0.497 e. The molecule has 0 fully saturated rings. The Kier molecular flexibility index (Phi) is 6.81. The number of benzene rings is 1. The van der Waals surface area contributed by atoms with Crippen molar-refractivity contribution in [1.82, 2.24) is 4.57 Å². The highest BCUT2D eigenvalue weighted by atomic mass is 16.6. The molecule has 0 radical (unpaired) electrons. The van der Waals surface area contributed by atoms with Crippen LogP contribution in [-0.4, -0.2) is 43.8 Å². The fourth-order valence-electron chi connectivity index (χ4n) is 2.40. The van der Waals surface area contributed by atoms with Crippen LogP contribution in [0.2, 0.25) is 0 Å². The van der Waals surface area contributed by atoms with Gasteiger partial charge in [0.1, 0.15) is 18.9 Å². The molecular weight excluding hydrogens is 310 g/mol. The summed E-state index contributed by atoms with van der Waals surface area (Å²) in [5.74, 6) is 0.300. The lowest BCUT2D eigenvalue weighted by Gasteiger charge is -2.08. The van der Waals surface area contributed by atoms with Gasteiger partial charge < -0.3 is 18.8 Å². The molecule has 6 nitrogen and oxygen atoms in total. The molecule has 0 unspecified atom stereocenters. The van der Waals surface area contributed by atoms with Crippen molar-refractivity contribution in [2.45, 2.75) is 26.3 Å². The molecule has 1 heterocycles. The first-order chi connectivity index (χ1) is 11.7. The minimum atomic E-state index is -0.362. The molecule has 2 aromatic rings. The summed E-state index contributed by atoms with van der Waals surface area (Å²) < 4.78 is 17.4. The van der Waals surface area contributed by atoms with E-state index in [9.17, 15) is 9.59 Å². The third-order valence-electron chi connectivity index (χ3n) is 3.68. The van der Waals surface area contributed by atoms with Crippen molar-refractivity contribution in [1.29, 1.82) is 0 Å². The second-order valence-corrected chi connectivity index (χ2v) is 5.40. The number of methoxy groups -OCH3 is 1. The maximum Gasteiger partial charge on any atom is 0.326 e. The van der Waals surface area contributed by atoms with E-state index < -0.39 is 0 Å². The molecule has 0 amide bonds. The van der Waals surface area contributed by atoms with Gasteiger partial charge in [-0.1, -0.05) is 13.3 Å². The molecule has 0 aliphatic rings. The van der Waals surface area contributed by atoms with Gasteiger partial charge in [-0.25, -0.2) is 0 Å². The van der Waals surface area contributed by atoms with Crippen LogP contribution in [0.25, 0.3) is 10.9 Å². The minimum absolute atomic E-state index is 0.0473. The highest BCUT2D eigenvalue weighted by Crippen LogP contribution is 2.25. The van der Waals surface area contributed by atoms with Crippen molar-refractivity contribution in [2.24, 2.45) is 0 Å². The lowest BCUT2D eigenvalue weighted by molar-refractivity contribution is -0.145. The molecule has 0 atom stereocenters. The molecule has 0 spiro atoms. The predicted octanol–water partition coefficient (Wildman–Crippen LogP) is 2.82. The zero-order chi connectivity index (χ0) is 17.4. The van der Waals surface area contributed by atoms with Gasteiger partial charge in [-0.3, -0.25) is 9.59 Å². The van der Waals surface area contributed by atoms with E-state index in [4.69, 9.17) is 14.2 Å². The second-order valence-electron chi connectivity index (χ2n) is 5.40. The van der Waals surface area contributed by atoms with Crippen molar-refractivity contribution >= 4 is 23.2 Å². The standard InChI is InChI=1S/C18H23NO5/c1-3-4-7-23-8-9-24-18(21)12-19-11-14(13-20)16-10-15(22-2)5-6-17(16)19/h5-6,10-11,13H,3-4,7-9,12H2,1-2H3. The molecule has 0 bridgehead atoms. The smallest absolute Gasteiger partial charge is 0.326 e. The van der Waals surface area contributed by atoms with Crippen molar-refractivity contribution in [2.75, 3.05) is 26.9 Å². The van der Waals surface area contributed by atoms with E-state index in [1.54, 1.807) is 30.0 Å². The average Bonchev–Trinajstić information content (AvgIpc) is 2.94. The second kappa shape index (κ2) is 9.08. The van der Waals surface area contributed by atoms with E-state index in [0.29, 0.717) is 24.5 Å². The maximum atomic E-state index is 12.0. The number of carbonyl (C=O) groups is 2. The number of nitrogens with zero attached hydrogens (tertiary/aromatic N) is 1. The third-order valence-corrected chi connectivity index (χ3v) is 3.68. The summed E-state index contributed by atoms with van der Waals surface area (Å²) in [6.45, 7) is 3.45. The van der Waals surface area contributed by atoms with Gasteiger partial charge in [0.2, 0.25) is 0 Å². The molecule has 1 aromatic heterocycles. The summed E-state index contributed by atoms with van der Waals surface area (Å²) in [5.41, 5.74) is 1.30. The molecule has 6 heteroatoms. The summed E-state index contributed by atoms with van der Waals surface area (Å²) in [6.07, 6.45) is 4.49. The fraction of sp³-hybridized carbons (Fsp3) is 0.444. The summed E-state index contributed by atoms with van der Waals surface area (Å²) >= 11 is 0. The quantitative estimate of drug-likeness (QED) is 0.380. The van der Waals surface area contributed by atoms with E-state index in [-0.39, 0.29) is 19.1 Å². The number of carbonyl (C=O) groups excluding carboxylic acids is 2. The number of hydrogen-bond donors (Lipinski definition) is 0. The van der Waals surface area contributed by atoms with Crippen molar-refractivity contribution in [3.8, 4) is 5.75 Å². The summed E-state index contributed by atoms with van der Waals surface area (Å²) in [7, 11) is 1.57. The molecule has 0 aliphatic heterocycles. The number of rotatable bonds is 10. The Bertz CT molecular complexity index is 692. The van der Waals surface area contributed by atoms with E-state index in [2.05, 4.69) is 6.92 Å². The van der Waals surface area contributed by atoms with Gasteiger partial charge in [0.05, 0.1) is 13.7 Å². The lowest BCUT2D eigenvalue weighted by Crippen LogP contribution is -2.16. The van der Waals surface area contributed by atoms with Crippen LogP contribution >= 0.6 is 0 Å². The molecule has 130 valence electrons. The van der Waals surface area contributed by atoms with Crippen molar-refractivity contribution in [3.05, 3.63) is 30.0 Å². The molecular formula is C18H23NO5. The first-order valence-electron chi connectivity index (χ1n) is 8.05. The normalized spacial score (nSPS) is 10.8. The average molecular weight is 333 g/mol. The molecule has 0 aliphatic carbocycles. The molecule has 2 rings (SSSR count). The fourth-order valence-corrected chi connectivity index (χ4v) is 2.40. The number of unbranched alkanes of at least 4 members (excludes halogenated alkanes) is 1. The Morgan fingerprint density at radius 3 is 2.79 bits per heavy atom. The first kappa shape index (κ1) is 18.0. The monoisotopic (exact) mass is 333 g/mol. The highest BCUT2D eigenvalue weighted by Gasteiger charge is 2.12. The highest BCUT2D eigenvalue weighted by molar-refractivity contribution is 5.98. The number of ether oxygens (including phenoxy) is 3. The van der Waals surface area contributed by atoms with Crippen LogP contribution in [0.4, 0.5) is 0 Å². The van der Waals surface area contributed by atoms with Gasteiger partial charge in [0.15, 0.2) is 6.29 Å². The zero-order valence-electron chi connectivity index (χ0n) is 14.1. The Morgan fingerprint density at radius 1 is 1.25 bits per heavy atom. The van der Waals surface area contributed by atoms with Crippen LogP contribution in [0.5, 0.6) is 5.75 Å². The molecule has 1 aromatic carbocycles. The van der Waals surface area contributed by atoms with Gasteiger partial charge in [-0.15, -0.1) is 0 Å². The maximum absolute atomic E-state index is 12.0. The van der Waals surface area contributed by atoms with Crippen LogP contribution in [0.3, 0.4) is 0 Å². The molecule has 24 heavy (non-hydrogen) atoms. The van der Waals surface area contributed by atoms with Crippen LogP contribution in [0, 0.1) is 0 Å². The summed E-state index contributed by atoms with van der Waals surface area (Å²) in [4.78, 5) is 23.2. The van der Waals surface area contributed by atoms with Gasteiger partial charge in [-0.05, 0) is 24.6 Å². The number of esters is 1. The summed E-state index contributed by atoms with van der Waals surface area (Å²) in [6, 6.07) is 5.39. The summed E-state index contributed by atoms with van der Waals surface area (Å²) in [5, 5.41) is 0.750. The Labute approximate surface area is 141 Å². The Morgan fingerprint density at radius 2 is 2.08 bits per heavy atom. The third kappa shape index (κ3) is 4.58. The van der Waals surface area contributed by atoms with E-state index in [1.807, 2.05) is 6.07 Å². The van der Waals surface area contributed by atoms with Crippen LogP contribution in [0.1, 0.15) is 30.1 Å². The molecule has 0 saturated heterocycles. The van der Waals surface area contributed by atoms with E-state index in [1.165, 1.54) is 0 Å². The zero-order valence-corrected chi connectivity index (χ0v) is 14.1. The SMILES string of the molecule is CCCCOCCOC(=O)Cn1cc(C=O)c2cc(OC)ccc21. The number of hydrogen-bond acceptors (Lipinski definition) is 5. The Hall–Kier alpha value is -2.34.